The summed E-state index contributed by atoms with van der Waals surface area (Å²) >= 11 is 4.93. The summed E-state index contributed by atoms with van der Waals surface area (Å²) < 4.78 is 6.54. The first-order valence-electron chi connectivity index (χ1n) is 5.55. The molecule has 0 atom stereocenters. The van der Waals surface area contributed by atoms with Crippen molar-refractivity contribution in [2.45, 2.75) is 13.8 Å². The van der Waals surface area contributed by atoms with Gasteiger partial charge >= 0.3 is 0 Å². The zero-order chi connectivity index (χ0) is 13.1. The third-order valence-electron chi connectivity index (χ3n) is 2.51. The maximum Gasteiger partial charge on any atom is 0.210 e. The van der Waals surface area contributed by atoms with Crippen LogP contribution in [0.25, 0.3) is 0 Å². The molecule has 0 aliphatic heterocycles. The minimum absolute atomic E-state index is 0.0219. The monoisotopic (exact) mass is 324 g/mol. The maximum atomic E-state index is 11.9. The van der Waals surface area contributed by atoms with Gasteiger partial charge in [0.1, 0.15) is 5.75 Å². The first kappa shape index (κ1) is 13.3. The number of halogens is 1. The quantitative estimate of drug-likeness (QED) is 0.780. The molecule has 2 aromatic rings. The summed E-state index contributed by atoms with van der Waals surface area (Å²) in [6.07, 6.45) is 0. The lowest BCUT2D eigenvalue weighted by atomic mass is 10.2. The van der Waals surface area contributed by atoms with E-state index < -0.39 is 0 Å². The summed E-state index contributed by atoms with van der Waals surface area (Å²) in [6.45, 7) is 4.06. The topological polar surface area (TPSA) is 26.3 Å². The van der Waals surface area contributed by atoms with Gasteiger partial charge < -0.3 is 4.74 Å². The Morgan fingerprint density at radius 2 is 2.06 bits per heavy atom. The molecule has 0 fully saturated rings. The number of Topliss-reactive ketones (excluding diaryl/α,β-unsaturated/α-hetero) is 1. The molecule has 0 saturated heterocycles. The average molecular weight is 325 g/mol. The predicted molar refractivity (Wildman–Crippen MR) is 77.8 cm³/mol. The van der Waals surface area contributed by atoms with E-state index in [1.807, 2.05) is 44.2 Å². The van der Waals surface area contributed by atoms with Crippen LogP contribution >= 0.6 is 27.3 Å². The fourth-order valence-electron chi connectivity index (χ4n) is 1.51. The molecule has 0 bridgehead atoms. The Labute approximate surface area is 119 Å². The van der Waals surface area contributed by atoms with E-state index in [1.165, 1.54) is 11.3 Å². The minimum Gasteiger partial charge on any atom is -0.485 e. The Kier molecular flexibility index (Phi) is 4.19. The van der Waals surface area contributed by atoms with Gasteiger partial charge in [0.15, 0.2) is 6.61 Å². The van der Waals surface area contributed by atoms with Crippen molar-refractivity contribution < 1.29 is 9.53 Å². The number of ether oxygens (including phenoxy) is 1. The van der Waals surface area contributed by atoms with Crippen LogP contribution in [-0.4, -0.2) is 12.4 Å². The van der Waals surface area contributed by atoms with Crippen molar-refractivity contribution in [3.05, 3.63) is 50.1 Å². The van der Waals surface area contributed by atoms with Crippen LogP contribution in [0.15, 0.2) is 34.8 Å². The number of ketones is 1. The predicted octanol–water partition coefficient (Wildman–Crippen LogP) is 4.39. The number of carbonyl (C=O) groups is 1. The Morgan fingerprint density at radius 1 is 1.28 bits per heavy atom. The van der Waals surface area contributed by atoms with Gasteiger partial charge in [-0.15, -0.1) is 11.3 Å². The molecule has 2 nitrogen and oxygen atoms in total. The third-order valence-corrected chi connectivity index (χ3v) is 4.45. The van der Waals surface area contributed by atoms with Gasteiger partial charge in [-0.25, -0.2) is 0 Å². The van der Waals surface area contributed by atoms with E-state index in [2.05, 4.69) is 15.9 Å². The molecular weight excluding hydrogens is 312 g/mol. The minimum atomic E-state index is 0.0219. The van der Waals surface area contributed by atoms with Crippen molar-refractivity contribution in [1.82, 2.24) is 0 Å². The molecule has 0 aliphatic carbocycles. The van der Waals surface area contributed by atoms with Crippen molar-refractivity contribution in [2.75, 3.05) is 6.61 Å². The molecule has 0 N–H and O–H groups in total. The summed E-state index contributed by atoms with van der Waals surface area (Å²) in [5.41, 5.74) is 1.09. The van der Waals surface area contributed by atoms with Crippen molar-refractivity contribution in [1.29, 1.82) is 0 Å². The molecule has 0 amide bonds. The van der Waals surface area contributed by atoms with Crippen molar-refractivity contribution >= 4 is 33.0 Å². The Bertz CT molecular complexity index is 575. The third kappa shape index (κ3) is 3.21. The van der Waals surface area contributed by atoms with Crippen molar-refractivity contribution in [3.63, 3.8) is 0 Å². The lowest BCUT2D eigenvalue weighted by Gasteiger charge is -2.06. The zero-order valence-corrected chi connectivity index (χ0v) is 12.6. The lowest BCUT2D eigenvalue weighted by Crippen LogP contribution is -2.10. The van der Waals surface area contributed by atoms with Crippen LogP contribution in [0.2, 0.25) is 0 Å². The molecule has 1 aromatic heterocycles. The number of hydrogen-bond donors (Lipinski definition) is 0. The number of carbonyl (C=O) groups excluding carboxylic acids is 1. The van der Waals surface area contributed by atoms with E-state index >= 15 is 0 Å². The van der Waals surface area contributed by atoms with Gasteiger partial charge in [0.25, 0.3) is 0 Å². The molecule has 0 spiro atoms. The summed E-state index contributed by atoms with van der Waals surface area (Å²) in [7, 11) is 0. The summed E-state index contributed by atoms with van der Waals surface area (Å²) in [5, 5.41) is 0. The van der Waals surface area contributed by atoms with E-state index in [0.29, 0.717) is 0 Å². The lowest BCUT2D eigenvalue weighted by molar-refractivity contribution is 0.0925. The molecule has 0 saturated carbocycles. The summed E-state index contributed by atoms with van der Waals surface area (Å²) in [5.74, 6) is 0.742. The maximum absolute atomic E-state index is 11.9. The first-order chi connectivity index (χ1) is 8.56. The summed E-state index contributed by atoms with van der Waals surface area (Å²) in [4.78, 5) is 13.7. The van der Waals surface area contributed by atoms with Crippen LogP contribution in [0.5, 0.6) is 5.75 Å². The zero-order valence-electron chi connectivity index (χ0n) is 10.2. The van der Waals surface area contributed by atoms with Gasteiger partial charge in [-0.3, -0.25) is 4.79 Å². The smallest absolute Gasteiger partial charge is 0.210 e. The van der Waals surface area contributed by atoms with Crippen LogP contribution in [0.4, 0.5) is 0 Å². The molecule has 1 aromatic carbocycles. The molecule has 0 radical (unpaired) electrons. The largest absolute Gasteiger partial charge is 0.485 e. The van der Waals surface area contributed by atoms with Crippen LogP contribution < -0.4 is 4.74 Å². The highest BCUT2D eigenvalue weighted by Gasteiger charge is 2.09. The van der Waals surface area contributed by atoms with Crippen molar-refractivity contribution in [3.8, 4) is 5.75 Å². The van der Waals surface area contributed by atoms with E-state index in [4.69, 9.17) is 4.74 Å². The van der Waals surface area contributed by atoms with Gasteiger partial charge in [0.05, 0.1) is 4.88 Å². The van der Waals surface area contributed by atoms with E-state index in [9.17, 15) is 4.79 Å². The fraction of sp³-hybridized carbons (Fsp3) is 0.214. The highest BCUT2D eigenvalue weighted by Crippen LogP contribution is 2.22. The molecular formula is C14H13BrO2S. The van der Waals surface area contributed by atoms with Gasteiger partial charge in [0, 0.05) is 9.35 Å². The number of aryl methyl sites for hydroxylation is 2. The molecule has 2 rings (SSSR count). The number of hydrogen-bond acceptors (Lipinski definition) is 3. The van der Waals surface area contributed by atoms with E-state index in [1.54, 1.807) is 0 Å². The normalized spacial score (nSPS) is 10.4. The SMILES string of the molecule is Cc1ccc(C(=O)COc2ccc(Br)c(C)c2)s1. The molecule has 94 valence electrons. The van der Waals surface area contributed by atoms with Gasteiger partial charge in [-0.2, -0.15) is 0 Å². The Morgan fingerprint density at radius 3 is 2.67 bits per heavy atom. The summed E-state index contributed by atoms with van der Waals surface area (Å²) in [6, 6.07) is 9.48. The molecule has 0 aliphatic rings. The molecule has 4 heteroatoms. The number of benzene rings is 1. The molecule has 0 unspecified atom stereocenters. The highest BCUT2D eigenvalue weighted by atomic mass is 79.9. The van der Waals surface area contributed by atoms with Gasteiger partial charge in [-0.1, -0.05) is 15.9 Å². The molecule has 18 heavy (non-hydrogen) atoms. The second kappa shape index (κ2) is 5.67. The van der Waals surface area contributed by atoms with Crippen LogP contribution in [0, 0.1) is 13.8 Å². The highest BCUT2D eigenvalue weighted by molar-refractivity contribution is 9.10. The fourth-order valence-corrected chi connectivity index (χ4v) is 2.55. The van der Waals surface area contributed by atoms with E-state index in [-0.39, 0.29) is 12.4 Å². The van der Waals surface area contributed by atoms with Crippen molar-refractivity contribution in [2.24, 2.45) is 0 Å². The number of thiophene rings is 1. The van der Waals surface area contributed by atoms with Crippen LogP contribution in [0.1, 0.15) is 20.1 Å². The Hall–Kier alpha value is -1.13. The number of rotatable bonds is 4. The standard InChI is InChI=1S/C14H13BrO2S/c1-9-7-11(4-5-12(9)15)17-8-13(16)14-6-3-10(2)18-14/h3-7H,8H2,1-2H3. The Balaban J connectivity index is 1.99. The second-order valence-electron chi connectivity index (χ2n) is 4.03. The van der Waals surface area contributed by atoms with E-state index in [0.717, 1.165) is 25.5 Å². The van der Waals surface area contributed by atoms with Crippen LogP contribution in [0.3, 0.4) is 0 Å². The first-order valence-corrected chi connectivity index (χ1v) is 7.16. The average Bonchev–Trinajstić information content (AvgIpc) is 2.77. The second-order valence-corrected chi connectivity index (χ2v) is 6.18. The van der Waals surface area contributed by atoms with Crippen LogP contribution in [-0.2, 0) is 0 Å². The molecule has 1 heterocycles. The van der Waals surface area contributed by atoms with Gasteiger partial charge in [-0.05, 0) is 49.7 Å². The van der Waals surface area contributed by atoms with Gasteiger partial charge in [0.2, 0.25) is 5.78 Å².